The van der Waals surface area contributed by atoms with Crippen LogP contribution in [0.3, 0.4) is 0 Å². The molecule has 10 heteroatoms. The summed E-state index contributed by atoms with van der Waals surface area (Å²) in [6.07, 6.45) is 0. The van der Waals surface area contributed by atoms with Gasteiger partial charge in [-0.15, -0.1) is 0 Å². The Morgan fingerprint density at radius 1 is 1.26 bits per heavy atom. The molecule has 1 N–H and O–H groups in total. The lowest BCUT2D eigenvalue weighted by Crippen LogP contribution is -2.11. The van der Waals surface area contributed by atoms with Crippen LogP contribution in [0.25, 0.3) is 11.4 Å². The van der Waals surface area contributed by atoms with E-state index in [1.807, 2.05) is 0 Å². The first-order chi connectivity index (χ1) is 10.9. The second-order valence-corrected chi connectivity index (χ2v) is 4.65. The average Bonchev–Trinajstić information content (AvgIpc) is 2.98. The number of ether oxygens (including phenoxy) is 2. The van der Waals surface area contributed by atoms with E-state index in [0.717, 1.165) is 14.2 Å². The van der Waals surface area contributed by atoms with Crippen LogP contribution in [0.1, 0.15) is 21.0 Å². The molecule has 0 aliphatic rings. The SMILES string of the molecule is COC(=O)c1nc(-c2cc(Cl)ccc2[N+](=O)[O-])[nH]c1C(=O)OC. The Kier molecular flexibility index (Phi) is 4.60. The molecule has 0 fully saturated rings. The van der Waals surface area contributed by atoms with Crippen LogP contribution in [0.5, 0.6) is 0 Å². The number of hydrogen-bond acceptors (Lipinski definition) is 7. The summed E-state index contributed by atoms with van der Waals surface area (Å²) in [6.45, 7) is 0. The van der Waals surface area contributed by atoms with Crippen LogP contribution in [0, 0.1) is 10.1 Å². The summed E-state index contributed by atoms with van der Waals surface area (Å²) in [5.41, 5.74) is -0.897. The number of nitrogens with one attached hydrogen (secondary N) is 1. The lowest BCUT2D eigenvalue weighted by molar-refractivity contribution is -0.384. The number of halogens is 1. The van der Waals surface area contributed by atoms with Gasteiger partial charge in [-0.2, -0.15) is 0 Å². The highest BCUT2D eigenvalue weighted by molar-refractivity contribution is 6.31. The number of benzene rings is 1. The van der Waals surface area contributed by atoms with Gasteiger partial charge in [0.2, 0.25) is 0 Å². The summed E-state index contributed by atoms with van der Waals surface area (Å²) in [4.78, 5) is 40.4. The second-order valence-electron chi connectivity index (χ2n) is 4.21. The number of carbonyl (C=O) groups excluding carboxylic acids is 2. The summed E-state index contributed by atoms with van der Waals surface area (Å²) < 4.78 is 9.08. The monoisotopic (exact) mass is 339 g/mol. The maximum absolute atomic E-state index is 11.7. The predicted octanol–water partition coefficient (Wildman–Crippen LogP) is 2.21. The Bertz CT molecular complexity index is 768. The first-order valence-corrected chi connectivity index (χ1v) is 6.47. The summed E-state index contributed by atoms with van der Waals surface area (Å²) in [7, 11) is 2.23. The fourth-order valence-corrected chi connectivity index (χ4v) is 2.02. The normalized spacial score (nSPS) is 10.2. The number of imidazole rings is 1. The van der Waals surface area contributed by atoms with Crippen molar-refractivity contribution < 1.29 is 24.0 Å². The van der Waals surface area contributed by atoms with Crippen LogP contribution in [0.2, 0.25) is 5.02 Å². The number of nitro benzene ring substituents is 1. The van der Waals surface area contributed by atoms with E-state index in [1.165, 1.54) is 18.2 Å². The minimum atomic E-state index is -0.891. The number of esters is 2. The van der Waals surface area contributed by atoms with Gasteiger partial charge in [-0.1, -0.05) is 11.6 Å². The lowest BCUT2D eigenvalue weighted by Gasteiger charge is -2.00. The number of aromatic nitrogens is 2. The van der Waals surface area contributed by atoms with Crippen LogP contribution in [0.15, 0.2) is 18.2 Å². The van der Waals surface area contributed by atoms with E-state index in [-0.39, 0.29) is 33.5 Å². The van der Waals surface area contributed by atoms with E-state index in [9.17, 15) is 19.7 Å². The van der Waals surface area contributed by atoms with E-state index in [4.69, 9.17) is 11.6 Å². The van der Waals surface area contributed by atoms with Crippen LogP contribution >= 0.6 is 11.6 Å². The Labute approximate surface area is 134 Å². The summed E-state index contributed by atoms with van der Waals surface area (Å²) in [6, 6.07) is 3.82. The molecule has 23 heavy (non-hydrogen) atoms. The third-order valence-electron chi connectivity index (χ3n) is 2.88. The Balaban J connectivity index is 2.68. The molecule has 1 heterocycles. The molecule has 0 saturated carbocycles. The van der Waals surface area contributed by atoms with Crippen molar-refractivity contribution in [1.29, 1.82) is 0 Å². The van der Waals surface area contributed by atoms with Gasteiger partial charge >= 0.3 is 11.9 Å². The van der Waals surface area contributed by atoms with E-state index >= 15 is 0 Å². The second kappa shape index (κ2) is 6.44. The predicted molar refractivity (Wildman–Crippen MR) is 78.4 cm³/mol. The zero-order valence-corrected chi connectivity index (χ0v) is 12.7. The minimum Gasteiger partial charge on any atom is -0.464 e. The number of hydrogen-bond donors (Lipinski definition) is 1. The molecule has 0 radical (unpaired) electrons. The number of methoxy groups -OCH3 is 2. The number of H-pyrrole nitrogens is 1. The van der Waals surface area contributed by atoms with Crippen molar-refractivity contribution in [2.45, 2.75) is 0 Å². The Morgan fingerprint density at radius 3 is 2.48 bits per heavy atom. The van der Waals surface area contributed by atoms with Crippen LogP contribution in [0.4, 0.5) is 5.69 Å². The largest absolute Gasteiger partial charge is 0.464 e. The van der Waals surface area contributed by atoms with Crippen LogP contribution < -0.4 is 0 Å². The topological polar surface area (TPSA) is 124 Å². The Morgan fingerprint density at radius 2 is 1.91 bits per heavy atom. The van der Waals surface area contributed by atoms with Gasteiger partial charge in [0.15, 0.2) is 11.4 Å². The van der Waals surface area contributed by atoms with E-state index in [1.54, 1.807) is 0 Å². The van der Waals surface area contributed by atoms with Gasteiger partial charge in [0, 0.05) is 11.1 Å². The Hall–Kier alpha value is -2.94. The zero-order chi connectivity index (χ0) is 17.1. The molecule has 0 amide bonds. The van der Waals surface area contributed by atoms with E-state index in [0.29, 0.717) is 0 Å². The molecule has 0 atom stereocenters. The van der Waals surface area contributed by atoms with Crippen molar-refractivity contribution in [3.8, 4) is 11.4 Å². The van der Waals surface area contributed by atoms with Crippen molar-refractivity contribution >= 4 is 29.2 Å². The molecular formula is C13H10ClN3O6. The van der Waals surface area contributed by atoms with Gasteiger partial charge in [-0.25, -0.2) is 14.6 Å². The molecule has 9 nitrogen and oxygen atoms in total. The van der Waals surface area contributed by atoms with Gasteiger partial charge in [0.1, 0.15) is 5.82 Å². The van der Waals surface area contributed by atoms with Crippen molar-refractivity contribution in [1.82, 2.24) is 9.97 Å². The van der Waals surface area contributed by atoms with Gasteiger partial charge < -0.3 is 14.5 Å². The van der Waals surface area contributed by atoms with E-state index < -0.39 is 16.9 Å². The number of carbonyl (C=O) groups is 2. The van der Waals surface area contributed by atoms with Gasteiger partial charge in [0.25, 0.3) is 5.69 Å². The summed E-state index contributed by atoms with van der Waals surface area (Å²) in [5.74, 6) is -1.84. The van der Waals surface area contributed by atoms with Crippen LogP contribution in [-0.4, -0.2) is 41.0 Å². The number of nitro groups is 1. The maximum atomic E-state index is 11.7. The minimum absolute atomic E-state index is 0.0165. The summed E-state index contributed by atoms with van der Waals surface area (Å²) >= 11 is 5.85. The number of rotatable bonds is 4. The molecule has 0 aliphatic heterocycles. The van der Waals surface area contributed by atoms with Crippen molar-refractivity contribution in [3.05, 3.63) is 44.7 Å². The first-order valence-electron chi connectivity index (χ1n) is 6.10. The lowest BCUT2D eigenvalue weighted by atomic mass is 10.1. The molecule has 0 aliphatic carbocycles. The van der Waals surface area contributed by atoms with Crippen LogP contribution in [-0.2, 0) is 9.47 Å². The first kappa shape index (κ1) is 16.4. The molecule has 2 rings (SSSR count). The van der Waals surface area contributed by atoms with Crippen molar-refractivity contribution in [2.24, 2.45) is 0 Å². The smallest absolute Gasteiger partial charge is 0.359 e. The molecule has 0 bridgehead atoms. The van der Waals surface area contributed by atoms with Crippen molar-refractivity contribution in [2.75, 3.05) is 14.2 Å². The highest BCUT2D eigenvalue weighted by atomic mass is 35.5. The quantitative estimate of drug-likeness (QED) is 0.514. The average molecular weight is 340 g/mol. The number of nitrogens with zero attached hydrogens (tertiary/aromatic N) is 2. The third-order valence-corrected chi connectivity index (χ3v) is 3.12. The fourth-order valence-electron chi connectivity index (χ4n) is 1.85. The number of aromatic amines is 1. The molecule has 1 aromatic heterocycles. The molecule has 0 spiro atoms. The highest BCUT2D eigenvalue weighted by Crippen LogP contribution is 2.31. The molecule has 0 unspecified atom stereocenters. The molecule has 2 aromatic rings. The molecule has 0 saturated heterocycles. The van der Waals surface area contributed by atoms with Crippen molar-refractivity contribution in [3.63, 3.8) is 0 Å². The maximum Gasteiger partial charge on any atom is 0.359 e. The zero-order valence-electron chi connectivity index (χ0n) is 12.0. The van der Waals surface area contributed by atoms with Gasteiger partial charge in [0.05, 0.1) is 24.7 Å². The fraction of sp³-hybridized carbons (Fsp3) is 0.154. The standard InChI is InChI=1S/C13H10ClN3O6/c1-22-12(18)9-10(13(19)23-2)16-11(15-9)7-5-6(14)3-4-8(7)17(20)21/h3-5H,1-2H3,(H,15,16). The van der Waals surface area contributed by atoms with Gasteiger partial charge in [-0.05, 0) is 12.1 Å². The van der Waals surface area contributed by atoms with E-state index in [2.05, 4.69) is 19.4 Å². The van der Waals surface area contributed by atoms with Gasteiger partial charge in [-0.3, -0.25) is 10.1 Å². The summed E-state index contributed by atoms with van der Waals surface area (Å²) in [5, 5.41) is 11.3. The third kappa shape index (κ3) is 3.14. The molecule has 120 valence electrons. The highest BCUT2D eigenvalue weighted by Gasteiger charge is 2.27. The molecular weight excluding hydrogens is 330 g/mol. The molecule has 1 aromatic carbocycles.